The average molecular weight is 238 g/mol. The molecule has 2 rings (SSSR count). The molecule has 3 nitrogen and oxygen atoms in total. The van der Waals surface area contributed by atoms with E-state index in [2.05, 4.69) is 0 Å². The van der Waals surface area contributed by atoms with E-state index < -0.39 is 5.60 Å². The van der Waals surface area contributed by atoms with Crippen molar-refractivity contribution in [2.45, 2.75) is 31.9 Å². The molecule has 0 bridgehead atoms. The van der Waals surface area contributed by atoms with Crippen molar-refractivity contribution in [3.8, 4) is 0 Å². The third-order valence-electron chi connectivity index (χ3n) is 3.45. The predicted molar refractivity (Wildman–Crippen MR) is 66.4 cm³/mol. The van der Waals surface area contributed by atoms with Gasteiger partial charge in [0.1, 0.15) is 5.82 Å². The number of aliphatic hydroxyl groups is 1. The first-order valence-corrected chi connectivity index (χ1v) is 5.98. The molecule has 0 spiro atoms. The molecule has 3 N–H and O–H groups in total. The highest BCUT2D eigenvalue weighted by atomic mass is 19.1. The van der Waals surface area contributed by atoms with Gasteiger partial charge in [-0.25, -0.2) is 4.39 Å². The molecule has 0 aromatic heterocycles. The van der Waals surface area contributed by atoms with Crippen molar-refractivity contribution in [3.05, 3.63) is 29.6 Å². The van der Waals surface area contributed by atoms with Gasteiger partial charge in [-0.15, -0.1) is 0 Å². The zero-order valence-electron chi connectivity index (χ0n) is 10.1. The van der Waals surface area contributed by atoms with Crippen LogP contribution in [0.3, 0.4) is 0 Å². The fourth-order valence-electron chi connectivity index (χ4n) is 2.29. The molecule has 94 valence electrons. The molecule has 1 fully saturated rings. The second-order valence-electron chi connectivity index (χ2n) is 4.94. The number of hydrogen-bond acceptors (Lipinski definition) is 3. The number of benzene rings is 1. The van der Waals surface area contributed by atoms with E-state index in [1.54, 1.807) is 6.07 Å². The van der Waals surface area contributed by atoms with Gasteiger partial charge in [-0.2, -0.15) is 0 Å². The molecule has 17 heavy (non-hydrogen) atoms. The van der Waals surface area contributed by atoms with Gasteiger partial charge < -0.3 is 15.7 Å². The minimum absolute atomic E-state index is 0.227. The normalized spacial score (nSPS) is 19.4. The van der Waals surface area contributed by atoms with Gasteiger partial charge in [0.25, 0.3) is 0 Å². The highest BCUT2D eigenvalue weighted by Gasteiger charge is 2.29. The van der Waals surface area contributed by atoms with Gasteiger partial charge in [0.15, 0.2) is 0 Å². The number of rotatable bonds is 2. The summed E-state index contributed by atoms with van der Waals surface area (Å²) in [6.45, 7) is 3.50. The maximum absolute atomic E-state index is 13.9. The second kappa shape index (κ2) is 4.63. The zero-order chi connectivity index (χ0) is 12.5. The third kappa shape index (κ3) is 2.58. The van der Waals surface area contributed by atoms with Crippen molar-refractivity contribution < 1.29 is 9.50 Å². The van der Waals surface area contributed by atoms with E-state index in [0.717, 1.165) is 5.56 Å². The maximum atomic E-state index is 13.9. The van der Waals surface area contributed by atoms with E-state index >= 15 is 0 Å². The summed E-state index contributed by atoms with van der Waals surface area (Å²) in [5.41, 5.74) is 6.44. The van der Waals surface area contributed by atoms with Gasteiger partial charge in [-0.05, 0) is 31.4 Å². The van der Waals surface area contributed by atoms with E-state index in [0.29, 0.717) is 38.2 Å². The molecule has 0 radical (unpaired) electrons. The molecule has 1 heterocycles. The SMILES string of the molecule is CC1(O)CCN(c2c(F)cccc2CN)CC1. The summed E-state index contributed by atoms with van der Waals surface area (Å²) in [5.74, 6) is -0.227. The average Bonchev–Trinajstić information content (AvgIpc) is 2.29. The van der Waals surface area contributed by atoms with Crippen LogP contribution in [-0.4, -0.2) is 23.8 Å². The summed E-state index contributed by atoms with van der Waals surface area (Å²) in [5, 5.41) is 9.89. The largest absolute Gasteiger partial charge is 0.390 e. The maximum Gasteiger partial charge on any atom is 0.146 e. The minimum atomic E-state index is -0.620. The summed E-state index contributed by atoms with van der Waals surface area (Å²) in [6.07, 6.45) is 1.32. The Hall–Kier alpha value is -1.13. The van der Waals surface area contributed by atoms with E-state index in [-0.39, 0.29) is 5.82 Å². The van der Waals surface area contributed by atoms with Crippen LogP contribution in [0.1, 0.15) is 25.3 Å². The lowest BCUT2D eigenvalue weighted by atomic mass is 9.93. The quantitative estimate of drug-likeness (QED) is 0.823. The Morgan fingerprint density at radius 3 is 2.65 bits per heavy atom. The summed E-state index contributed by atoms with van der Waals surface area (Å²) in [7, 11) is 0. The lowest BCUT2D eigenvalue weighted by molar-refractivity contribution is 0.0350. The van der Waals surface area contributed by atoms with Gasteiger partial charge in [0, 0.05) is 19.6 Å². The van der Waals surface area contributed by atoms with Crippen LogP contribution in [0.4, 0.5) is 10.1 Å². The van der Waals surface area contributed by atoms with E-state index in [1.165, 1.54) is 6.07 Å². The molecular formula is C13H19FN2O. The van der Waals surface area contributed by atoms with Crippen molar-refractivity contribution in [3.63, 3.8) is 0 Å². The smallest absolute Gasteiger partial charge is 0.146 e. The van der Waals surface area contributed by atoms with E-state index in [1.807, 2.05) is 17.9 Å². The summed E-state index contributed by atoms with van der Waals surface area (Å²) < 4.78 is 13.9. The van der Waals surface area contributed by atoms with Gasteiger partial charge in [0.05, 0.1) is 11.3 Å². The monoisotopic (exact) mass is 238 g/mol. The van der Waals surface area contributed by atoms with Crippen LogP contribution in [0.25, 0.3) is 0 Å². The number of para-hydroxylation sites is 1. The van der Waals surface area contributed by atoms with E-state index in [4.69, 9.17) is 5.73 Å². The molecule has 0 atom stereocenters. The van der Waals surface area contributed by atoms with Crippen molar-refractivity contribution in [1.82, 2.24) is 0 Å². The van der Waals surface area contributed by atoms with Gasteiger partial charge in [0.2, 0.25) is 0 Å². The molecule has 0 unspecified atom stereocenters. The second-order valence-corrected chi connectivity index (χ2v) is 4.94. The van der Waals surface area contributed by atoms with Crippen LogP contribution in [-0.2, 0) is 6.54 Å². The van der Waals surface area contributed by atoms with Crippen LogP contribution in [0, 0.1) is 5.82 Å². The van der Waals surface area contributed by atoms with Crippen molar-refractivity contribution in [2.75, 3.05) is 18.0 Å². The van der Waals surface area contributed by atoms with Crippen molar-refractivity contribution >= 4 is 5.69 Å². The van der Waals surface area contributed by atoms with Crippen LogP contribution in [0.2, 0.25) is 0 Å². The molecule has 0 amide bonds. The van der Waals surface area contributed by atoms with Gasteiger partial charge >= 0.3 is 0 Å². The highest BCUT2D eigenvalue weighted by molar-refractivity contribution is 5.55. The zero-order valence-corrected chi connectivity index (χ0v) is 10.1. The highest BCUT2D eigenvalue weighted by Crippen LogP contribution is 2.30. The Labute approximate surface area is 101 Å². The summed E-state index contributed by atoms with van der Waals surface area (Å²) in [4.78, 5) is 1.98. The molecule has 1 aliphatic rings. The number of halogens is 1. The number of nitrogens with two attached hydrogens (primary N) is 1. The molecule has 1 aliphatic heterocycles. The number of anilines is 1. The molecule has 1 saturated heterocycles. The lowest BCUT2D eigenvalue weighted by Crippen LogP contribution is -2.43. The topological polar surface area (TPSA) is 49.5 Å². The minimum Gasteiger partial charge on any atom is -0.390 e. The van der Waals surface area contributed by atoms with Crippen molar-refractivity contribution in [2.24, 2.45) is 5.73 Å². The van der Waals surface area contributed by atoms with Gasteiger partial charge in [-0.1, -0.05) is 12.1 Å². The fraction of sp³-hybridized carbons (Fsp3) is 0.538. The first-order valence-electron chi connectivity index (χ1n) is 5.98. The Morgan fingerprint density at radius 2 is 2.06 bits per heavy atom. The Kier molecular flexibility index (Phi) is 3.35. The standard InChI is InChI=1S/C13H19FN2O/c1-13(17)5-7-16(8-6-13)12-10(9-15)3-2-4-11(12)14/h2-4,17H,5-9,15H2,1H3. The number of hydrogen-bond donors (Lipinski definition) is 2. The summed E-state index contributed by atoms with van der Waals surface area (Å²) in [6, 6.07) is 4.99. The van der Waals surface area contributed by atoms with Crippen molar-refractivity contribution in [1.29, 1.82) is 0 Å². The number of nitrogens with zero attached hydrogens (tertiary/aromatic N) is 1. The van der Waals surface area contributed by atoms with Crippen LogP contribution < -0.4 is 10.6 Å². The van der Waals surface area contributed by atoms with Crippen LogP contribution in [0.5, 0.6) is 0 Å². The summed E-state index contributed by atoms with van der Waals surface area (Å²) >= 11 is 0. The lowest BCUT2D eigenvalue weighted by Gasteiger charge is -2.38. The predicted octanol–water partition coefficient (Wildman–Crippen LogP) is 1.64. The molecule has 4 heteroatoms. The first kappa shape index (κ1) is 12.3. The van der Waals surface area contributed by atoms with E-state index in [9.17, 15) is 9.50 Å². The first-order chi connectivity index (χ1) is 8.03. The Morgan fingerprint density at radius 1 is 1.41 bits per heavy atom. The van der Waals surface area contributed by atoms with Crippen LogP contribution >= 0.6 is 0 Å². The molecule has 1 aromatic rings. The fourth-order valence-corrected chi connectivity index (χ4v) is 2.29. The third-order valence-corrected chi connectivity index (χ3v) is 3.45. The Bertz CT molecular complexity index is 396. The molecule has 0 aliphatic carbocycles. The molecule has 1 aromatic carbocycles. The molecular weight excluding hydrogens is 219 g/mol. The van der Waals surface area contributed by atoms with Gasteiger partial charge in [-0.3, -0.25) is 0 Å². The molecule has 0 saturated carbocycles. The number of piperidine rings is 1. The van der Waals surface area contributed by atoms with Crippen LogP contribution in [0.15, 0.2) is 18.2 Å². The Balaban J connectivity index is 2.23.